The van der Waals surface area contributed by atoms with E-state index in [2.05, 4.69) is 93.9 Å². The van der Waals surface area contributed by atoms with Crippen LogP contribution in [0, 0.1) is 0 Å². The van der Waals surface area contributed by atoms with Crippen LogP contribution in [0.5, 0.6) is 0 Å². The summed E-state index contributed by atoms with van der Waals surface area (Å²) < 4.78 is 5.16. The van der Waals surface area contributed by atoms with Crippen molar-refractivity contribution in [3.63, 3.8) is 0 Å². The summed E-state index contributed by atoms with van der Waals surface area (Å²) in [5, 5.41) is 14.4. The van der Waals surface area contributed by atoms with Crippen LogP contribution in [0.2, 0.25) is 0 Å². The lowest BCUT2D eigenvalue weighted by atomic mass is 9.99. The Bertz CT molecular complexity index is 1720. The van der Waals surface area contributed by atoms with Gasteiger partial charge < -0.3 is 10.6 Å². The van der Waals surface area contributed by atoms with Gasteiger partial charge in [-0.1, -0.05) is 60.7 Å². The predicted octanol–water partition coefficient (Wildman–Crippen LogP) is 6.75. The molecule has 2 N–H and O–H groups in total. The van der Waals surface area contributed by atoms with Crippen LogP contribution in [0.4, 0.5) is 11.5 Å². The number of hydrogen-bond acceptors (Lipinski definition) is 3. The average molecular weight is 404 g/mol. The Hall–Kier alpha value is -3.50. The maximum atomic E-state index is 3.83. The van der Waals surface area contributed by atoms with E-state index in [4.69, 9.17) is 0 Å². The molecule has 0 saturated heterocycles. The van der Waals surface area contributed by atoms with Gasteiger partial charge in [0.2, 0.25) is 0 Å². The SMILES string of the molecule is C1=CC2Nc3c(n4c5ccc6sc7ccccc7c6c5c5cccc3c54)NC2C=C1. The smallest absolute Gasteiger partial charge is 0.136 e. The van der Waals surface area contributed by atoms with Gasteiger partial charge in [0, 0.05) is 36.3 Å². The van der Waals surface area contributed by atoms with Crippen LogP contribution in [0.3, 0.4) is 0 Å². The Morgan fingerprint density at radius 3 is 2.43 bits per heavy atom. The van der Waals surface area contributed by atoms with Crippen LogP contribution in [0.15, 0.2) is 78.9 Å². The first-order valence-electron chi connectivity index (χ1n) is 10.4. The summed E-state index contributed by atoms with van der Waals surface area (Å²) in [6.07, 6.45) is 8.76. The average Bonchev–Trinajstić information content (AvgIpc) is 3.43. The van der Waals surface area contributed by atoms with Crippen molar-refractivity contribution in [1.82, 2.24) is 4.40 Å². The van der Waals surface area contributed by atoms with Crippen molar-refractivity contribution in [1.29, 1.82) is 0 Å². The fourth-order valence-electron chi connectivity index (χ4n) is 5.53. The summed E-state index contributed by atoms with van der Waals surface area (Å²) >= 11 is 1.89. The van der Waals surface area contributed by atoms with Crippen molar-refractivity contribution in [2.24, 2.45) is 0 Å². The fraction of sp³-hybridized carbons (Fsp3) is 0.0769. The standard InChI is InChI=1S/C26H17N3S/c1-4-11-20-14(6-1)23-21(30-20)13-12-19-22(23)15-7-5-8-16-24-26(29(19)25(15)16)28-18-10-3-2-9-17(18)27-24/h1-13,17-18,27-28H. The summed E-state index contributed by atoms with van der Waals surface area (Å²) in [5.74, 6) is 1.18. The van der Waals surface area contributed by atoms with Crippen LogP contribution in [0.25, 0.3) is 47.4 Å². The van der Waals surface area contributed by atoms with Gasteiger partial charge in [-0.05, 0) is 18.2 Å². The number of nitrogens with zero attached hydrogens (tertiary/aromatic N) is 1. The molecule has 142 valence electrons. The van der Waals surface area contributed by atoms with E-state index in [9.17, 15) is 0 Å². The number of anilines is 2. The van der Waals surface area contributed by atoms with Gasteiger partial charge in [0.05, 0.1) is 28.8 Å². The monoisotopic (exact) mass is 403 g/mol. The molecule has 2 aliphatic rings. The molecule has 0 radical (unpaired) electrons. The number of rotatable bonds is 0. The van der Waals surface area contributed by atoms with Crippen molar-refractivity contribution >= 4 is 70.2 Å². The molecule has 0 fully saturated rings. The Morgan fingerprint density at radius 1 is 0.700 bits per heavy atom. The first-order valence-corrected chi connectivity index (χ1v) is 11.2. The Labute approximate surface area is 176 Å². The predicted molar refractivity (Wildman–Crippen MR) is 130 cm³/mol. The fourth-order valence-corrected chi connectivity index (χ4v) is 6.65. The van der Waals surface area contributed by atoms with Crippen LogP contribution in [-0.4, -0.2) is 16.5 Å². The highest BCUT2D eigenvalue weighted by atomic mass is 32.1. The number of para-hydroxylation sites is 1. The molecule has 0 amide bonds. The molecule has 2 atom stereocenters. The molecule has 6 aromatic rings. The van der Waals surface area contributed by atoms with Gasteiger partial charge in [0.1, 0.15) is 5.82 Å². The van der Waals surface area contributed by atoms with E-state index in [1.807, 2.05) is 11.3 Å². The molecule has 1 aliphatic carbocycles. The summed E-state index contributed by atoms with van der Waals surface area (Å²) in [7, 11) is 0. The van der Waals surface area contributed by atoms with E-state index in [-0.39, 0.29) is 12.1 Å². The number of hydrogen-bond donors (Lipinski definition) is 2. The van der Waals surface area contributed by atoms with E-state index >= 15 is 0 Å². The molecule has 3 aromatic heterocycles. The molecular formula is C26H17N3S. The molecule has 3 aromatic carbocycles. The molecule has 4 heterocycles. The van der Waals surface area contributed by atoms with Crippen molar-refractivity contribution in [3.8, 4) is 0 Å². The zero-order chi connectivity index (χ0) is 19.4. The maximum Gasteiger partial charge on any atom is 0.136 e. The first-order chi connectivity index (χ1) is 14.9. The summed E-state index contributed by atoms with van der Waals surface area (Å²) in [5.41, 5.74) is 3.81. The third-order valence-corrected chi connectivity index (χ3v) is 7.91. The summed E-state index contributed by atoms with van der Waals surface area (Å²) in [6, 6.07) is 20.7. The highest BCUT2D eigenvalue weighted by Gasteiger charge is 2.31. The molecule has 4 heteroatoms. The van der Waals surface area contributed by atoms with Crippen LogP contribution in [0.1, 0.15) is 0 Å². The summed E-state index contributed by atoms with van der Waals surface area (Å²) in [6.45, 7) is 0. The van der Waals surface area contributed by atoms with Gasteiger partial charge in [0.25, 0.3) is 0 Å². The number of fused-ring (bicyclic) bond motifs is 11. The zero-order valence-electron chi connectivity index (χ0n) is 16.0. The third-order valence-electron chi connectivity index (χ3n) is 6.77. The minimum Gasteiger partial charge on any atom is -0.373 e. The third kappa shape index (κ3) is 1.69. The minimum atomic E-state index is 0.265. The van der Waals surface area contributed by atoms with Crippen LogP contribution < -0.4 is 10.6 Å². The Balaban J connectivity index is 1.59. The Kier molecular flexibility index (Phi) is 2.64. The molecule has 0 saturated carbocycles. The van der Waals surface area contributed by atoms with Gasteiger partial charge in [0.15, 0.2) is 0 Å². The van der Waals surface area contributed by atoms with E-state index < -0.39 is 0 Å². The molecule has 0 spiro atoms. The van der Waals surface area contributed by atoms with E-state index in [1.54, 1.807) is 0 Å². The zero-order valence-corrected chi connectivity index (χ0v) is 16.8. The van der Waals surface area contributed by atoms with Gasteiger partial charge in [-0.15, -0.1) is 11.3 Å². The second-order valence-corrected chi connectivity index (χ2v) is 9.39. The number of thiophene rings is 1. The van der Waals surface area contributed by atoms with Crippen LogP contribution in [-0.2, 0) is 0 Å². The van der Waals surface area contributed by atoms with Gasteiger partial charge in [-0.25, -0.2) is 0 Å². The molecule has 3 nitrogen and oxygen atoms in total. The molecule has 1 aliphatic heterocycles. The topological polar surface area (TPSA) is 28.5 Å². The maximum absolute atomic E-state index is 3.83. The van der Waals surface area contributed by atoms with Crippen molar-refractivity contribution in [2.75, 3.05) is 10.6 Å². The second-order valence-electron chi connectivity index (χ2n) is 8.30. The summed E-state index contributed by atoms with van der Waals surface area (Å²) in [4.78, 5) is 0. The first kappa shape index (κ1) is 15.4. The number of aromatic nitrogens is 1. The number of allylic oxidation sites excluding steroid dienone is 2. The molecule has 0 bridgehead atoms. The van der Waals surface area contributed by atoms with Crippen molar-refractivity contribution in [2.45, 2.75) is 12.1 Å². The van der Waals surface area contributed by atoms with Crippen molar-refractivity contribution in [3.05, 3.63) is 78.9 Å². The lowest BCUT2D eigenvalue weighted by Gasteiger charge is -2.33. The van der Waals surface area contributed by atoms with Crippen LogP contribution >= 0.6 is 11.3 Å². The number of benzene rings is 3. The quantitative estimate of drug-likeness (QED) is 0.294. The Morgan fingerprint density at radius 2 is 1.50 bits per heavy atom. The van der Waals surface area contributed by atoms with Gasteiger partial charge in [-0.2, -0.15) is 0 Å². The minimum absolute atomic E-state index is 0.265. The van der Waals surface area contributed by atoms with Gasteiger partial charge in [-0.3, -0.25) is 4.40 Å². The molecule has 2 unspecified atom stereocenters. The lowest BCUT2D eigenvalue weighted by Crippen LogP contribution is -2.41. The van der Waals surface area contributed by atoms with Gasteiger partial charge >= 0.3 is 0 Å². The largest absolute Gasteiger partial charge is 0.373 e. The number of nitrogens with one attached hydrogen (secondary N) is 2. The highest BCUT2D eigenvalue weighted by Crippen LogP contribution is 2.48. The normalized spacial score (nSPS) is 20.3. The van der Waals surface area contributed by atoms with E-state index in [0.717, 1.165) is 0 Å². The van der Waals surface area contributed by atoms with E-state index in [1.165, 1.54) is 58.9 Å². The lowest BCUT2D eigenvalue weighted by molar-refractivity contribution is 0.760. The highest BCUT2D eigenvalue weighted by molar-refractivity contribution is 7.26. The van der Waals surface area contributed by atoms with E-state index in [0.29, 0.717) is 0 Å². The molecular weight excluding hydrogens is 386 g/mol. The second kappa shape index (κ2) is 5.15. The molecule has 30 heavy (non-hydrogen) atoms. The van der Waals surface area contributed by atoms with Crippen molar-refractivity contribution < 1.29 is 0 Å². The molecule has 8 rings (SSSR count).